The second-order valence-corrected chi connectivity index (χ2v) is 8.05. The molecule has 8 nitrogen and oxygen atoms in total. The van der Waals surface area contributed by atoms with E-state index in [1.54, 1.807) is 32.0 Å². The van der Waals surface area contributed by atoms with E-state index in [0.717, 1.165) is 16.7 Å². The lowest BCUT2D eigenvalue weighted by molar-refractivity contribution is -0.126. The number of carbonyl (C=O) groups is 2. The standard InChI is InChI=1S/C17H19ClN4O4S/c1-9(23)8-22-15(25)12-4-3-11(18)7-13(12)20-17(22)27-10(2)14(24)21-6-5-19-16(21)26/h3-4,7,9-10,23H,5-6,8H2,1-2H3,(H,19,26)/t9-,10+/m0/s1. The summed E-state index contributed by atoms with van der Waals surface area (Å²) >= 11 is 7.08. The van der Waals surface area contributed by atoms with Crippen LogP contribution in [-0.4, -0.2) is 55.9 Å². The molecular weight excluding hydrogens is 392 g/mol. The molecule has 1 fully saturated rings. The van der Waals surface area contributed by atoms with Gasteiger partial charge in [0.2, 0.25) is 5.91 Å². The number of aliphatic hydroxyl groups excluding tert-OH is 1. The molecule has 2 aromatic rings. The highest BCUT2D eigenvalue weighted by Gasteiger charge is 2.31. The molecule has 0 saturated carbocycles. The molecule has 144 valence electrons. The molecule has 2 heterocycles. The van der Waals surface area contributed by atoms with Crippen molar-refractivity contribution in [2.45, 2.75) is 36.9 Å². The van der Waals surface area contributed by atoms with Crippen molar-refractivity contribution in [2.75, 3.05) is 13.1 Å². The molecule has 2 atom stereocenters. The molecular formula is C17H19ClN4O4S. The molecule has 1 saturated heterocycles. The number of amides is 3. The van der Waals surface area contributed by atoms with Crippen molar-refractivity contribution < 1.29 is 14.7 Å². The molecule has 27 heavy (non-hydrogen) atoms. The molecule has 0 radical (unpaired) electrons. The average Bonchev–Trinajstić information content (AvgIpc) is 3.03. The van der Waals surface area contributed by atoms with Gasteiger partial charge in [-0.1, -0.05) is 23.4 Å². The lowest BCUT2D eigenvalue weighted by atomic mass is 10.2. The Kier molecular flexibility index (Phi) is 5.73. The van der Waals surface area contributed by atoms with Crippen molar-refractivity contribution in [1.29, 1.82) is 0 Å². The lowest BCUT2D eigenvalue weighted by Crippen LogP contribution is -2.39. The summed E-state index contributed by atoms with van der Waals surface area (Å²) in [4.78, 5) is 42.7. The number of hydrogen-bond donors (Lipinski definition) is 2. The largest absolute Gasteiger partial charge is 0.392 e. The molecule has 0 unspecified atom stereocenters. The Balaban J connectivity index is 1.99. The summed E-state index contributed by atoms with van der Waals surface area (Å²) in [5, 5.41) is 12.8. The van der Waals surface area contributed by atoms with Gasteiger partial charge in [-0.15, -0.1) is 0 Å². The Bertz CT molecular complexity index is 962. The predicted molar refractivity (Wildman–Crippen MR) is 103 cm³/mol. The van der Waals surface area contributed by atoms with E-state index in [1.807, 2.05) is 0 Å². The van der Waals surface area contributed by atoms with Crippen molar-refractivity contribution in [1.82, 2.24) is 19.8 Å². The number of urea groups is 1. The van der Waals surface area contributed by atoms with Gasteiger partial charge in [-0.3, -0.25) is 19.1 Å². The fraction of sp³-hybridized carbons (Fsp3) is 0.412. The quantitative estimate of drug-likeness (QED) is 0.571. The highest BCUT2D eigenvalue weighted by atomic mass is 35.5. The maximum atomic E-state index is 12.9. The number of thioether (sulfide) groups is 1. The Morgan fingerprint density at radius 2 is 2.15 bits per heavy atom. The number of nitrogens with one attached hydrogen (secondary N) is 1. The van der Waals surface area contributed by atoms with Crippen molar-refractivity contribution in [3.63, 3.8) is 0 Å². The number of rotatable bonds is 5. The third-order valence-corrected chi connectivity index (χ3v) is 5.39. The van der Waals surface area contributed by atoms with Crippen LogP contribution in [0, 0.1) is 0 Å². The molecule has 1 aromatic carbocycles. The Morgan fingerprint density at radius 1 is 1.41 bits per heavy atom. The fourth-order valence-corrected chi connectivity index (χ4v) is 3.95. The number of aliphatic hydroxyl groups is 1. The van der Waals surface area contributed by atoms with E-state index < -0.39 is 17.4 Å². The Hall–Kier alpha value is -2.10. The number of benzene rings is 1. The minimum atomic E-state index is -0.774. The molecule has 10 heteroatoms. The molecule has 0 bridgehead atoms. The molecule has 3 rings (SSSR count). The Labute approximate surface area is 164 Å². The second kappa shape index (κ2) is 7.87. The van der Waals surface area contributed by atoms with E-state index >= 15 is 0 Å². The van der Waals surface area contributed by atoms with Crippen LogP contribution in [-0.2, 0) is 11.3 Å². The number of nitrogens with zero attached hydrogens (tertiary/aromatic N) is 3. The number of carbonyl (C=O) groups excluding carboxylic acids is 2. The van der Waals surface area contributed by atoms with Crippen LogP contribution < -0.4 is 10.9 Å². The number of fused-ring (bicyclic) bond motifs is 1. The van der Waals surface area contributed by atoms with Crippen molar-refractivity contribution in [3.8, 4) is 0 Å². The van der Waals surface area contributed by atoms with Gasteiger partial charge in [0.25, 0.3) is 5.56 Å². The van der Waals surface area contributed by atoms with Gasteiger partial charge < -0.3 is 10.4 Å². The van der Waals surface area contributed by atoms with Gasteiger partial charge in [0, 0.05) is 18.1 Å². The number of halogens is 1. The maximum absolute atomic E-state index is 12.9. The van der Waals surface area contributed by atoms with Crippen molar-refractivity contribution in [3.05, 3.63) is 33.6 Å². The number of imide groups is 1. The molecule has 1 aliphatic rings. The molecule has 0 aliphatic carbocycles. The summed E-state index contributed by atoms with van der Waals surface area (Å²) in [7, 11) is 0. The summed E-state index contributed by atoms with van der Waals surface area (Å²) in [5.41, 5.74) is 0.0917. The number of aromatic nitrogens is 2. The molecule has 1 aliphatic heterocycles. The maximum Gasteiger partial charge on any atom is 0.324 e. The first kappa shape index (κ1) is 19.7. The summed E-state index contributed by atoms with van der Waals surface area (Å²) in [5.74, 6) is -0.362. The minimum absolute atomic E-state index is 0.0395. The van der Waals surface area contributed by atoms with Crippen LogP contribution in [0.25, 0.3) is 10.9 Å². The van der Waals surface area contributed by atoms with Gasteiger partial charge in [-0.2, -0.15) is 0 Å². The summed E-state index contributed by atoms with van der Waals surface area (Å²) in [6.07, 6.45) is -0.774. The van der Waals surface area contributed by atoms with Gasteiger partial charge in [-0.25, -0.2) is 9.78 Å². The fourth-order valence-electron chi connectivity index (χ4n) is 2.80. The minimum Gasteiger partial charge on any atom is -0.392 e. The topological polar surface area (TPSA) is 105 Å². The molecule has 2 N–H and O–H groups in total. The number of hydrogen-bond acceptors (Lipinski definition) is 6. The summed E-state index contributed by atoms with van der Waals surface area (Å²) in [6, 6.07) is 4.34. The van der Waals surface area contributed by atoms with Crippen LogP contribution in [0.4, 0.5) is 4.79 Å². The normalized spacial score (nSPS) is 16.4. The van der Waals surface area contributed by atoms with Gasteiger partial charge in [0.1, 0.15) is 0 Å². The van der Waals surface area contributed by atoms with E-state index in [0.29, 0.717) is 29.0 Å². The second-order valence-electron chi connectivity index (χ2n) is 6.30. The van der Waals surface area contributed by atoms with Crippen LogP contribution in [0.15, 0.2) is 28.2 Å². The highest BCUT2D eigenvalue weighted by Crippen LogP contribution is 2.25. The first-order chi connectivity index (χ1) is 12.8. The van der Waals surface area contributed by atoms with Crippen LogP contribution in [0.1, 0.15) is 13.8 Å². The molecule has 3 amide bonds. The van der Waals surface area contributed by atoms with Gasteiger partial charge in [-0.05, 0) is 32.0 Å². The van der Waals surface area contributed by atoms with Gasteiger partial charge >= 0.3 is 6.03 Å². The third-order valence-electron chi connectivity index (χ3n) is 4.08. The van der Waals surface area contributed by atoms with Crippen LogP contribution in [0.3, 0.4) is 0 Å². The molecule has 1 aromatic heterocycles. The zero-order chi connectivity index (χ0) is 19.7. The van der Waals surface area contributed by atoms with E-state index in [2.05, 4.69) is 10.3 Å². The van der Waals surface area contributed by atoms with E-state index in [1.165, 1.54) is 4.57 Å². The van der Waals surface area contributed by atoms with E-state index in [4.69, 9.17) is 11.6 Å². The average molecular weight is 411 g/mol. The van der Waals surface area contributed by atoms with E-state index in [-0.39, 0.29) is 23.2 Å². The van der Waals surface area contributed by atoms with Crippen molar-refractivity contribution in [2.24, 2.45) is 0 Å². The van der Waals surface area contributed by atoms with Crippen LogP contribution in [0.2, 0.25) is 5.02 Å². The lowest BCUT2D eigenvalue weighted by Gasteiger charge is -2.19. The predicted octanol–water partition coefficient (Wildman–Crippen LogP) is 1.46. The van der Waals surface area contributed by atoms with Crippen LogP contribution >= 0.6 is 23.4 Å². The monoisotopic (exact) mass is 410 g/mol. The highest BCUT2D eigenvalue weighted by molar-refractivity contribution is 8.00. The van der Waals surface area contributed by atoms with Gasteiger partial charge in [0.15, 0.2) is 5.16 Å². The zero-order valence-electron chi connectivity index (χ0n) is 14.8. The Morgan fingerprint density at radius 3 is 2.78 bits per heavy atom. The van der Waals surface area contributed by atoms with Crippen molar-refractivity contribution >= 4 is 46.2 Å². The first-order valence-corrected chi connectivity index (χ1v) is 9.67. The smallest absolute Gasteiger partial charge is 0.324 e. The van der Waals surface area contributed by atoms with E-state index in [9.17, 15) is 19.5 Å². The summed E-state index contributed by atoms with van der Waals surface area (Å²) < 4.78 is 1.35. The first-order valence-electron chi connectivity index (χ1n) is 8.42. The zero-order valence-corrected chi connectivity index (χ0v) is 16.4. The SMILES string of the molecule is C[C@H](O)Cn1c(S[C@H](C)C(=O)N2CCNC2=O)nc2cc(Cl)ccc2c1=O. The molecule has 0 spiro atoms. The summed E-state index contributed by atoms with van der Waals surface area (Å²) in [6.45, 7) is 3.98. The third kappa shape index (κ3) is 4.10. The van der Waals surface area contributed by atoms with Gasteiger partial charge in [0.05, 0.1) is 28.8 Å². The van der Waals surface area contributed by atoms with Crippen LogP contribution in [0.5, 0.6) is 0 Å².